The average Bonchev–Trinajstić information content (AvgIpc) is 2.38. The van der Waals surface area contributed by atoms with E-state index in [0.717, 1.165) is 38.2 Å². The SMILES string of the molecule is CCCCOC(=O)C([NH3+])CCCNC(=NC)NC. The van der Waals surface area contributed by atoms with E-state index in [2.05, 4.69) is 28.3 Å². The number of nitrogens with zero attached hydrogens (tertiary/aromatic N) is 1. The maximum Gasteiger partial charge on any atom is 0.364 e. The molecule has 5 N–H and O–H groups in total. The molecule has 0 aliphatic carbocycles. The standard InChI is InChI=1S/C12H26N4O2/c1-4-5-9-18-11(17)10(13)7-6-8-16-12(14-2)15-3/h10H,4-9,13H2,1-3H3,(H2,14,15,16)/p+1. The van der Waals surface area contributed by atoms with E-state index in [4.69, 9.17) is 4.74 Å². The molecule has 1 unspecified atom stereocenters. The molecule has 0 saturated heterocycles. The third-order valence-electron chi connectivity index (χ3n) is 2.56. The molecule has 0 fully saturated rings. The number of guanidine groups is 1. The molecule has 0 spiro atoms. The number of hydrogen-bond donors (Lipinski definition) is 3. The summed E-state index contributed by atoms with van der Waals surface area (Å²) in [7, 11) is 3.53. The molecule has 0 aromatic carbocycles. The summed E-state index contributed by atoms with van der Waals surface area (Å²) < 4.78 is 5.11. The number of carbonyl (C=O) groups is 1. The number of nitrogens with one attached hydrogen (secondary N) is 2. The molecular formula is C12H27N4O2+. The van der Waals surface area contributed by atoms with E-state index < -0.39 is 0 Å². The molecule has 0 rings (SSSR count). The molecule has 106 valence electrons. The number of rotatable bonds is 8. The molecule has 0 amide bonds. The molecule has 0 heterocycles. The lowest BCUT2D eigenvalue weighted by Crippen LogP contribution is -2.65. The molecule has 6 nitrogen and oxygen atoms in total. The largest absolute Gasteiger partial charge is 0.461 e. The molecule has 0 radical (unpaired) electrons. The zero-order chi connectivity index (χ0) is 13.8. The van der Waals surface area contributed by atoms with Gasteiger partial charge in [-0.15, -0.1) is 0 Å². The first kappa shape index (κ1) is 16.7. The van der Waals surface area contributed by atoms with Crippen molar-refractivity contribution in [1.29, 1.82) is 0 Å². The number of esters is 1. The highest BCUT2D eigenvalue weighted by Crippen LogP contribution is 1.96. The lowest BCUT2D eigenvalue weighted by Gasteiger charge is -2.10. The summed E-state index contributed by atoms with van der Waals surface area (Å²) >= 11 is 0. The zero-order valence-corrected chi connectivity index (χ0v) is 11.8. The van der Waals surface area contributed by atoms with Crippen LogP contribution < -0.4 is 16.4 Å². The van der Waals surface area contributed by atoms with Crippen LogP contribution in [0, 0.1) is 0 Å². The van der Waals surface area contributed by atoms with Gasteiger partial charge in [-0.05, 0) is 12.8 Å². The van der Waals surface area contributed by atoms with Gasteiger partial charge in [0.25, 0.3) is 0 Å². The van der Waals surface area contributed by atoms with Gasteiger partial charge in [-0.25, -0.2) is 4.79 Å². The summed E-state index contributed by atoms with van der Waals surface area (Å²) in [5.74, 6) is 0.558. The predicted molar refractivity (Wildman–Crippen MR) is 72.2 cm³/mol. The van der Waals surface area contributed by atoms with Crippen molar-refractivity contribution >= 4 is 11.9 Å². The predicted octanol–water partition coefficient (Wildman–Crippen LogP) is -0.485. The second kappa shape index (κ2) is 10.8. The van der Waals surface area contributed by atoms with Crippen LogP contribution in [0.25, 0.3) is 0 Å². The normalized spacial score (nSPS) is 13.0. The Morgan fingerprint density at radius 1 is 1.44 bits per heavy atom. The maximum absolute atomic E-state index is 11.5. The first-order chi connectivity index (χ1) is 8.65. The van der Waals surface area contributed by atoms with Crippen molar-refractivity contribution in [2.75, 3.05) is 27.2 Å². The van der Waals surface area contributed by atoms with Crippen molar-refractivity contribution in [2.45, 2.75) is 38.6 Å². The molecule has 0 aromatic rings. The molecule has 0 bridgehead atoms. The van der Waals surface area contributed by atoms with Gasteiger partial charge < -0.3 is 21.1 Å². The monoisotopic (exact) mass is 259 g/mol. The Bertz CT molecular complexity index is 256. The summed E-state index contributed by atoms with van der Waals surface area (Å²) in [6.07, 6.45) is 3.52. The summed E-state index contributed by atoms with van der Waals surface area (Å²) in [5, 5.41) is 6.05. The first-order valence-corrected chi connectivity index (χ1v) is 6.53. The Hall–Kier alpha value is -1.30. The fourth-order valence-electron chi connectivity index (χ4n) is 1.39. The zero-order valence-electron chi connectivity index (χ0n) is 11.8. The first-order valence-electron chi connectivity index (χ1n) is 6.53. The van der Waals surface area contributed by atoms with Crippen LogP contribution in [0.15, 0.2) is 4.99 Å². The van der Waals surface area contributed by atoms with Crippen LogP contribution in [0.4, 0.5) is 0 Å². The number of ether oxygens (including phenoxy) is 1. The van der Waals surface area contributed by atoms with E-state index in [-0.39, 0.29) is 12.0 Å². The van der Waals surface area contributed by atoms with Crippen LogP contribution in [0.3, 0.4) is 0 Å². The van der Waals surface area contributed by atoms with Crippen LogP contribution in [-0.2, 0) is 9.53 Å². The van der Waals surface area contributed by atoms with Crippen LogP contribution in [-0.4, -0.2) is 45.2 Å². The summed E-state index contributed by atoms with van der Waals surface area (Å²) in [4.78, 5) is 15.5. The van der Waals surface area contributed by atoms with Gasteiger partial charge in [0.2, 0.25) is 0 Å². The van der Waals surface area contributed by atoms with Crippen molar-refractivity contribution in [2.24, 2.45) is 4.99 Å². The number of carbonyl (C=O) groups excluding carboxylic acids is 1. The van der Waals surface area contributed by atoms with Crippen LogP contribution >= 0.6 is 0 Å². The number of unbranched alkanes of at least 4 members (excludes halogenated alkanes) is 1. The van der Waals surface area contributed by atoms with E-state index in [0.29, 0.717) is 6.61 Å². The fraction of sp³-hybridized carbons (Fsp3) is 0.833. The van der Waals surface area contributed by atoms with Gasteiger partial charge in [-0.1, -0.05) is 13.3 Å². The average molecular weight is 259 g/mol. The fourth-order valence-corrected chi connectivity index (χ4v) is 1.39. The molecule has 0 aliphatic rings. The van der Waals surface area contributed by atoms with E-state index in [1.807, 2.05) is 7.05 Å². The second-order valence-electron chi connectivity index (χ2n) is 4.11. The minimum Gasteiger partial charge on any atom is -0.461 e. The van der Waals surface area contributed by atoms with Crippen molar-refractivity contribution < 1.29 is 15.3 Å². The maximum atomic E-state index is 11.5. The Labute approximate surface area is 109 Å². The number of quaternary nitrogens is 1. The van der Waals surface area contributed by atoms with Crippen molar-refractivity contribution in [3.63, 3.8) is 0 Å². The molecule has 6 heteroatoms. The third-order valence-corrected chi connectivity index (χ3v) is 2.56. The van der Waals surface area contributed by atoms with Crippen molar-refractivity contribution in [3.8, 4) is 0 Å². The van der Waals surface area contributed by atoms with Gasteiger partial charge in [-0.2, -0.15) is 0 Å². The van der Waals surface area contributed by atoms with Gasteiger partial charge in [0.1, 0.15) is 0 Å². The molecule has 0 saturated carbocycles. The lowest BCUT2D eigenvalue weighted by molar-refractivity contribution is -0.409. The number of aliphatic imine (C=N–C) groups is 1. The van der Waals surface area contributed by atoms with Crippen LogP contribution in [0.2, 0.25) is 0 Å². The van der Waals surface area contributed by atoms with E-state index in [9.17, 15) is 4.79 Å². The summed E-state index contributed by atoms with van der Waals surface area (Å²) in [6.45, 7) is 3.34. The van der Waals surface area contributed by atoms with Gasteiger partial charge in [-0.3, -0.25) is 4.99 Å². The van der Waals surface area contributed by atoms with E-state index in [1.54, 1.807) is 7.05 Å². The Balaban J connectivity index is 3.63. The van der Waals surface area contributed by atoms with E-state index in [1.165, 1.54) is 0 Å². The summed E-state index contributed by atoms with van der Waals surface area (Å²) in [5.41, 5.74) is 3.83. The molecule has 18 heavy (non-hydrogen) atoms. The van der Waals surface area contributed by atoms with Crippen molar-refractivity contribution in [3.05, 3.63) is 0 Å². The van der Waals surface area contributed by atoms with Crippen molar-refractivity contribution in [1.82, 2.24) is 10.6 Å². The lowest BCUT2D eigenvalue weighted by atomic mass is 10.2. The highest BCUT2D eigenvalue weighted by molar-refractivity contribution is 5.79. The van der Waals surface area contributed by atoms with Crippen LogP contribution in [0.1, 0.15) is 32.6 Å². The highest BCUT2D eigenvalue weighted by Gasteiger charge is 2.17. The quantitative estimate of drug-likeness (QED) is 0.237. The van der Waals surface area contributed by atoms with E-state index >= 15 is 0 Å². The molecular weight excluding hydrogens is 232 g/mol. The van der Waals surface area contributed by atoms with Gasteiger partial charge in [0, 0.05) is 27.1 Å². The molecule has 0 aromatic heterocycles. The Morgan fingerprint density at radius 2 is 2.17 bits per heavy atom. The summed E-state index contributed by atoms with van der Waals surface area (Å²) in [6, 6.07) is -0.278. The smallest absolute Gasteiger partial charge is 0.364 e. The Morgan fingerprint density at radius 3 is 2.72 bits per heavy atom. The topological polar surface area (TPSA) is 90.4 Å². The van der Waals surface area contributed by atoms with Gasteiger partial charge in [0.15, 0.2) is 12.0 Å². The van der Waals surface area contributed by atoms with Gasteiger partial charge in [0.05, 0.1) is 6.61 Å². The van der Waals surface area contributed by atoms with Crippen LogP contribution in [0.5, 0.6) is 0 Å². The van der Waals surface area contributed by atoms with Gasteiger partial charge >= 0.3 is 5.97 Å². The number of hydrogen-bond acceptors (Lipinski definition) is 3. The highest BCUT2D eigenvalue weighted by atomic mass is 16.5. The second-order valence-corrected chi connectivity index (χ2v) is 4.11. The minimum atomic E-state index is -0.278. The molecule has 1 atom stereocenters. The Kier molecular flexibility index (Phi) is 10.0. The molecule has 0 aliphatic heterocycles. The minimum absolute atomic E-state index is 0.193. The third kappa shape index (κ3) is 7.89.